The first-order chi connectivity index (χ1) is 11.6. The van der Waals surface area contributed by atoms with Crippen LogP contribution in [0, 0.1) is 11.3 Å². The first kappa shape index (κ1) is 15.3. The van der Waals surface area contributed by atoms with Gasteiger partial charge in [0.2, 0.25) is 0 Å². The minimum absolute atomic E-state index is 0.0601. The molecule has 0 aromatic heterocycles. The molecule has 1 aromatic rings. The molecule has 1 amide bonds. The van der Waals surface area contributed by atoms with Crippen LogP contribution in [0.2, 0.25) is 0 Å². The van der Waals surface area contributed by atoms with E-state index in [1.165, 1.54) is 0 Å². The molecule has 6 heteroatoms. The Kier molecular flexibility index (Phi) is 3.62. The lowest BCUT2D eigenvalue weighted by molar-refractivity contribution is -0.152. The summed E-state index contributed by atoms with van der Waals surface area (Å²) >= 11 is 0. The monoisotopic (exact) mass is 331 g/mol. The minimum atomic E-state index is -0.762. The van der Waals surface area contributed by atoms with E-state index in [9.17, 15) is 14.7 Å². The van der Waals surface area contributed by atoms with Gasteiger partial charge in [0.05, 0.1) is 5.41 Å². The van der Waals surface area contributed by atoms with E-state index in [1.54, 1.807) is 23.1 Å². The van der Waals surface area contributed by atoms with Crippen LogP contribution < -0.4 is 9.47 Å². The van der Waals surface area contributed by atoms with Crippen molar-refractivity contribution in [1.82, 2.24) is 4.90 Å². The van der Waals surface area contributed by atoms with E-state index in [-0.39, 0.29) is 11.8 Å². The average Bonchev–Trinajstić information content (AvgIpc) is 3.02. The highest BCUT2D eigenvalue weighted by molar-refractivity contribution is 5.96. The highest BCUT2D eigenvalue weighted by atomic mass is 16.6. The second-order valence-corrected chi connectivity index (χ2v) is 6.95. The molecule has 128 valence electrons. The van der Waals surface area contributed by atoms with Crippen LogP contribution in [0.4, 0.5) is 0 Å². The van der Waals surface area contributed by atoms with Crippen molar-refractivity contribution in [2.45, 2.75) is 25.7 Å². The van der Waals surface area contributed by atoms with Crippen molar-refractivity contribution >= 4 is 11.9 Å². The maximum absolute atomic E-state index is 12.9. The number of ether oxygens (including phenoxy) is 2. The number of carboxylic acid groups (broad SMARTS) is 1. The molecule has 2 heterocycles. The van der Waals surface area contributed by atoms with Crippen molar-refractivity contribution in [2.24, 2.45) is 11.3 Å². The van der Waals surface area contributed by atoms with Gasteiger partial charge in [0.15, 0.2) is 11.5 Å². The topological polar surface area (TPSA) is 76.1 Å². The summed E-state index contributed by atoms with van der Waals surface area (Å²) in [5, 5.41) is 9.75. The number of carbonyl (C=O) groups is 2. The molecule has 0 spiro atoms. The lowest BCUT2D eigenvalue weighted by Crippen LogP contribution is -2.41. The van der Waals surface area contributed by atoms with Crippen LogP contribution in [0.25, 0.3) is 0 Å². The van der Waals surface area contributed by atoms with Gasteiger partial charge in [0, 0.05) is 18.7 Å². The van der Waals surface area contributed by atoms with E-state index >= 15 is 0 Å². The van der Waals surface area contributed by atoms with Gasteiger partial charge in [-0.15, -0.1) is 0 Å². The smallest absolute Gasteiger partial charge is 0.311 e. The summed E-state index contributed by atoms with van der Waals surface area (Å²) in [6, 6.07) is 5.18. The number of nitrogens with zero attached hydrogens (tertiary/aromatic N) is 1. The van der Waals surface area contributed by atoms with Crippen molar-refractivity contribution in [3.63, 3.8) is 0 Å². The molecule has 1 saturated heterocycles. The molecule has 1 saturated carbocycles. The molecule has 4 rings (SSSR count). The van der Waals surface area contributed by atoms with Gasteiger partial charge in [0.25, 0.3) is 5.91 Å². The standard InChI is InChI=1S/C18H21NO5/c20-16(12-4-5-14-15(9-12)24-8-7-23-14)19-10-13-3-1-2-6-18(13,11-19)17(21)22/h4-5,9,13H,1-3,6-8,10-11H2,(H,21,22)/t13-,18-/m1/s1. The van der Waals surface area contributed by atoms with Crippen molar-refractivity contribution in [1.29, 1.82) is 0 Å². The fourth-order valence-electron chi connectivity index (χ4n) is 4.32. The lowest BCUT2D eigenvalue weighted by atomic mass is 9.68. The number of aliphatic carboxylic acids is 1. The van der Waals surface area contributed by atoms with E-state index < -0.39 is 11.4 Å². The van der Waals surface area contributed by atoms with Crippen molar-refractivity contribution in [2.75, 3.05) is 26.3 Å². The minimum Gasteiger partial charge on any atom is -0.486 e. The highest BCUT2D eigenvalue weighted by Gasteiger charge is 2.54. The number of amides is 1. The predicted octanol–water partition coefficient (Wildman–Crippen LogP) is 2.17. The fraction of sp³-hybridized carbons (Fsp3) is 0.556. The summed E-state index contributed by atoms with van der Waals surface area (Å²) in [6.45, 7) is 1.81. The van der Waals surface area contributed by atoms with E-state index in [0.717, 1.165) is 19.3 Å². The third-order valence-electron chi connectivity index (χ3n) is 5.62. The van der Waals surface area contributed by atoms with E-state index in [2.05, 4.69) is 0 Å². The molecule has 0 unspecified atom stereocenters. The zero-order valence-corrected chi connectivity index (χ0v) is 13.5. The Labute approximate surface area is 140 Å². The van der Waals surface area contributed by atoms with E-state index in [0.29, 0.717) is 49.8 Å². The normalized spacial score (nSPS) is 28.3. The molecule has 1 N–H and O–H groups in total. The quantitative estimate of drug-likeness (QED) is 0.899. The average molecular weight is 331 g/mol. The number of fused-ring (bicyclic) bond motifs is 2. The molecule has 2 fully saturated rings. The third kappa shape index (κ3) is 2.32. The molecule has 3 aliphatic rings. The first-order valence-electron chi connectivity index (χ1n) is 8.52. The highest BCUT2D eigenvalue weighted by Crippen LogP contribution is 2.47. The van der Waals surface area contributed by atoms with Crippen molar-refractivity contribution in [3.05, 3.63) is 23.8 Å². The molecule has 0 radical (unpaired) electrons. The Morgan fingerprint density at radius 3 is 2.71 bits per heavy atom. The van der Waals surface area contributed by atoms with Crippen molar-refractivity contribution < 1.29 is 24.2 Å². The maximum atomic E-state index is 12.9. The second-order valence-electron chi connectivity index (χ2n) is 6.95. The SMILES string of the molecule is O=C(c1ccc2c(c1)OCCO2)N1C[C@H]2CCCC[C@@]2(C(=O)O)C1. The molecule has 1 aliphatic carbocycles. The number of hydrogen-bond donors (Lipinski definition) is 1. The zero-order valence-electron chi connectivity index (χ0n) is 13.5. The van der Waals surface area contributed by atoms with Crippen LogP contribution in [-0.2, 0) is 4.79 Å². The van der Waals surface area contributed by atoms with Crippen LogP contribution in [0.1, 0.15) is 36.0 Å². The Hall–Kier alpha value is -2.24. The second kappa shape index (κ2) is 5.69. The largest absolute Gasteiger partial charge is 0.486 e. The molecule has 24 heavy (non-hydrogen) atoms. The summed E-state index contributed by atoms with van der Waals surface area (Å²) in [7, 11) is 0. The first-order valence-corrected chi connectivity index (χ1v) is 8.52. The van der Waals surface area contributed by atoms with Gasteiger partial charge in [-0.25, -0.2) is 0 Å². The van der Waals surface area contributed by atoms with Crippen LogP contribution in [0.3, 0.4) is 0 Å². The van der Waals surface area contributed by atoms with Gasteiger partial charge in [-0.2, -0.15) is 0 Å². The Morgan fingerprint density at radius 2 is 1.96 bits per heavy atom. The Balaban J connectivity index is 1.58. The van der Waals surface area contributed by atoms with E-state index in [4.69, 9.17) is 9.47 Å². The molecule has 6 nitrogen and oxygen atoms in total. The third-order valence-corrected chi connectivity index (χ3v) is 5.62. The van der Waals surface area contributed by atoms with Gasteiger partial charge in [-0.3, -0.25) is 9.59 Å². The van der Waals surface area contributed by atoms with Crippen molar-refractivity contribution in [3.8, 4) is 11.5 Å². The van der Waals surface area contributed by atoms with Crippen LogP contribution in [-0.4, -0.2) is 48.2 Å². The van der Waals surface area contributed by atoms with Gasteiger partial charge in [-0.1, -0.05) is 12.8 Å². The lowest BCUT2D eigenvalue weighted by Gasteiger charge is -2.34. The molecular weight excluding hydrogens is 310 g/mol. The van der Waals surface area contributed by atoms with Gasteiger partial charge in [0.1, 0.15) is 13.2 Å². The number of hydrogen-bond acceptors (Lipinski definition) is 4. The number of rotatable bonds is 2. The molecule has 0 bridgehead atoms. The summed E-state index contributed by atoms with van der Waals surface area (Å²) in [5.74, 6) is 0.406. The number of likely N-dealkylation sites (tertiary alicyclic amines) is 1. The Bertz CT molecular complexity index is 688. The summed E-state index contributed by atoms with van der Waals surface area (Å²) in [6.07, 6.45) is 3.52. The summed E-state index contributed by atoms with van der Waals surface area (Å²) < 4.78 is 11.0. The van der Waals surface area contributed by atoms with Gasteiger partial charge < -0.3 is 19.5 Å². The summed E-state index contributed by atoms with van der Waals surface area (Å²) in [4.78, 5) is 26.5. The van der Waals surface area contributed by atoms with E-state index in [1.807, 2.05) is 0 Å². The molecule has 1 aromatic carbocycles. The van der Waals surface area contributed by atoms with Crippen LogP contribution >= 0.6 is 0 Å². The van der Waals surface area contributed by atoms with Gasteiger partial charge >= 0.3 is 5.97 Å². The van der Waals surface area contributed by atoms with Crippen LogP contribution in [0.15, 0.2) is 18.2 Å². The fourth-order valence-corrected chi connectivity index (χ4v) is 4.32. The number of benzene rings is 1. The number of carboxylic acids is 1. The van der Waals surface area contributed by atoms with Gasteiger partial charge in [-0.05, 0) is 37.0 Å². The van der Waals surface area contributed by atoms with Crippen LogP contribution in [0.5, 0.6) is 11.5 Å². The molecule has 2 aliphatic heterocycles. The maximum Gasteiger partial charge on any atom is 0.311 e. The molecule has 2 atom stereocenters. The summed E-state index contributed by atoms with van der Waals surface area (Å²) in [5.41, 5.74) is -0.236. The predicted molar refractivity (Wildman–Crippen MR) is 85.4 cm³/mol. The number of carbonyl (C=O) groups excluding carboxylic acids is 1. The molecular formula is C18H21NO5. The zero-order chi connectivity index (χ0) is 16.7. The Morgan fingerprint density at radius 1 is 1.17 bits per heavy atom.